The van der Waals surface area contributed by atoms with E-state index in [4.69, 9.17) is 4.65 Å². The Morgan fingerprint density at radius 1 is 1.21 bits per heavy atom. The Bertz CT molecular complexity index is 1180. The van der Waals surface area contributed by atoms with Gasteiger partial charge in [0.05, 0.1) is 17.7 Å². The van der Waals surface area contributed by atoms with E-state index in [0.717, 1.165) is 40.6 Å². The molecule has 3 heterocycles. The van der Waals surface area contributed by atoms with E-state index in [1.807, 2.05) is 42.6 Å². The summed E-state index contributed by atoms with van der Waals surface area (Å²) in [5, 5.41) is 11.1. The predicted octanol–water partition coefficient (Wildman–Crippen LogP) is 3.00. The Balaban J connectivity index is 1.32. The zero-order chi connectivity index (χ0) is 20.0. The molecule has 148 valence electrons. The molecule has 8 heteroatoms. The summed E-state index contributed by atoms with van der Waals surface area (Å²) in [6.45, 7) is 0. The molecule has 0 bridgehead atoms. The third-order valence-electron chi connectivity index (χ3n) is 5.80. The molecule has 0 spiro atoms. The van der Waals surface area contributed by atoms with E-state index in [0.29, 0.717) is 5.75 Å². The first-order chi connectivity index (χ1) is 14.0. The van der Waals surface area contributed by atoms with Crippen molar-refractivity contribution in [1.29, 1.82) is 0 Å². The van der Waals surface area contributed by atoms with Crippen LogP contribution < -0.4 is 4.65 Å². The van der Waals surface area contributed by atoms with Crippen molar-refractivity contribution in [3.8, 4) is 5.75 Å². The Kier molecular flexibility index (Phi) is 4.48. The van der Waals surface area contributed by atoms with Crippen molar-refractivity contribution in [1.82, 2.24) is 9.97 Å². The van der Waals surface area contributed by atoms with Gasteiger partial charge in [0.1, 0.15) is 11.4 Å². The van der Waals surface area contributed by atoms with Crippen molar-refractivity contribution in [2.75, 3.05) is 5.75 Å². The van der Waals surface area contributed by atoms with Crippen LogP contribution in [0.25, 0.3) is 16.6 Å². The van der Waals surface area contributed by atoms with Crippen LogP contribution >= 0.6 is 0 Å². The zero-order valence-electron chi connectivity index (χ0n) is 15.8. The van der Waals surface area contributed by atoms with Crippen molar-refractivity contribution in [3.63, 3.8) is 0 Å². The lowest BCUT2D eigenvalue weighted by atomic mass is 9.66. The fourth-order valence-electron chi connectivity index (χ4n) is 4.49. The van der Waals surface area contributed by atoms with Gasteiger partial charge in [-0.05, 0) is 47.9 Å². The molecule has 2 aliphatic rings. The monoisotopic (exact) mass is 408 g/mol. The number of hydrogen-bond donors (Lipinski definition) is 2. The summed E-state index contributed by atoms with van der Waals surface area (Å²) < 4.78 is 30.7. The maximum Gasteiger partial charge on any atom is 0.552 e. The molecule has 1 saturated carbocycles. The minimum atomic E-state index is -3.15. The van der Waals surface area contributed by atoms with Crippen molar-refractivity contribution >= 4 is 33.6 Å². The Hall–Kier alpha value is -2.58. The second-order valence-electron chi connectivity index (χ2n) is 7.94. The molecule has 6 nitrogen and oxygen atoms in total. The molecular formula is C21H21BN2O4S. The number of aromatic nitrogens is 2. The normalized spacial score (nSPS) is 21.3. The first-order valence-electron chi connectivity index (χ1n) is 9.76. The highest BCUT2D eigenvalue weighted by atomic mass is 32.2. The number of sulfone groups is 1. The number of fused-ring (bicyclic) bond motifs is 3. The second kappa shape index (κ2) is 7.04. The quantitative estimate of drug-likeness (QED) is 0.634. The van der Waals surface area contributed by atoms with E-state index in [2.05, 4.69) is 9.97 Å². The summed E-state index contributed by atoms with van der Waals surface area (Å²) in [5.74, 6) is 2.96. The van der Waals surface area contributed by atoms with Crippen LogP contribution in [0.2, 0.25) is 0 Å². The Labute approximate surface area is 169 Å². The van der Waals surface area contributed by atoms with Gasteiger partial charge in [-0.3, -0.25) is 0 Å². The van der Waals surface area contributed by atoms with Crippen LogP contribution in [-0.4, -0.2) is 36.3 Å². The average Bonchev–Trinajstić information content (AvgIpc) is 3.13. The number of nitrogens with zero attached hydrogens (tertiary/aromatic N) is 1. The number of nitrogens with one attached hydrogen (secondary N) is 1. The van der Waals surface area contributed by atoms with E-state index in [1.165, 1.54) is 0 Å². The zero-order valence-corrected chi connectivity index (χ0v) is 16.6. The van der Waals surface area contributed by atoms with E-state index in [1.54, 1.807) is 12.2 Å². The number of benzene rings is 1. The highest BCUT2D eigenvalue weighted by Gasteiger charge is 2.39. The van der Waals surface area contributed by atoms with Gasteiger partial charge in [-0.15, -0.1) is 0 Å². The molecule has 5 rings (SSSR count). The van der Waals surface area contributed by atoms with Crippen molar-refractivity contribution < 1.29 is 18.1 Å². The number of aromatic amines is 1. The molecule has 1 aromatic carbocycles. The lowest BCUT2D eigenvalue weighted by molar-refractivity contribution is 0.272. The van der Waals surface area contributed by atoms with E-state index in [-0.39, 0.29) is 23.3 Å². The number of rotatable bonds is 5. The summed E-state index contributed by atoms with van der Waals surface area (Å²) in [4.78, 5) is 7.44. The minimum absolute atomic E-state index is 0.0860. The summed E-state index contributed by atoms with van der Waals surface area (Å²) in [5.41, 5.74) is 3.59. The maximum atomic E-state index is 12.6. The lowest BCUT2D eigenvalue weighted by Crippen LogP contribution is -2.34. The van der Waals surface area contributed by atoms with Gasteiger partial charge >= 0.3 is 7.12 Å². The number of pyridine rings is 1. The fourth-order valence-corrected chi connectivity index (χ4v) is 6.30. The smallest absolute Gasteiger partial charge is 0.531 e. The highest BCUT2D eigenvalue weighted by Crippen LogP contribution is 2.48. The first-order valence-corrected chi connectivity index (χ1v) is 11.6. The predicted molar refractivity (Wildman–Crippen MR) is 113 cm³/mol. The van der Waals surface area contributed by atoms with E-state index in [9.17, 15) is 13.4 Å². The minimum Gasteiger partial charge on any atom is -0.531 e. The SMILES string of the molecule is O=S(=O)(Cc1ccccc1)CC1CC(C2=CB(O)Oc3cnc4[nH]ccc4c32)C1. The maximum absolute atomic E-state index is 12.6. The summed E-state index contributed by atoms with van der Waals surface area (Å²) >= 11 is 0. The summed E-state index contributed by atoms with van der Waals surface area (Å²) in [6, 6.07) is 11.3. The van der Waals surface area contributed by atoms with Gasteiger partial charge < -0.3 is 14.7 Å². The fraction of sp³-hybridized carbons (Fsp3) is 0.286. The van der Waals surface area contributed by atoms with Gasteiger partial charge in [0, 0.05) is 17.1 Å². The van der Waals surface area contributed by atoms with Crippen LogP contribution in [0, 0.1) is 11.8 Å². The third-order valence-corrected chi connectivity index (χ3v) is 7.56. The van der Waals surface area contributed by atoms with Crippen LogP contribution in [0.5, 0.6) is 5.75 Å². The molecule has 2 N–H and O–H groups in total. The molecule has 2 aromatic heterocycles. The van der Waals surface area contributed by atoms with E-state index >= 15 is 0 Å². The van der Waals surface area contributed by atoms with Crippen LogP contribution in [0.1, 0.15) is 24.0 Å². The van der Waals surface area contributed by atoms with Gasteiger partial charge in [0.25, 0.3) is 0 Å². The van der Waals surface area contributed by atoms with Crippen molar-refractivity contribution in [2.45, 2.75) is 18.6 Å². The van der Waals surface area contributed by atoms with Crippen molar-refractivity contribution in [2.24, 2.45) is 11.8 Å². The second-order valence-corrected chi connectivity index (χ2v) is 10.1. The molecule has 0 unspecified atom stereocenters. The van der Waals surface area contributed by atoms with Gasteiger partial charge in [0.2, 0.25) is 0 Å². The molecule has 0 amide bonds. The lowest BCUT2D eigenvalue weighted by Gasteiger charge is -2.38. The first kappa shape index (κ1) is 18.5. The van der Waals surface area contributed by atoms with Gasteiger partial charge in [-0.2, -0.15) is 0 Å². The van der Waals surface area contributed by atoms with Gasteiger partial charge in [-0.1, -0.05) is 30.3 Å². The number of hydrogen-bond acceptors (Lipinski definition) is 5. The third kappa shape index (κ3) is 3.58. The Morgan fingerprint density at radius 2 is 2.00 bits per heavy atom. The standard InChI is InChI=1S/C21H21BN2O4S/c25-22-10-18(20-17-6-7-23-21(17)24-11-19(20)28-22)16-8-15(9-16)13-29(26,27)12-14-4-2-1-3-5-14/h1-7,10-11,15-16,25H,8-9,12-13H2,(H,23,24). The van der Waals surface area contributed by atoms with Crippen LogP contribution in [-0.2, 0) is 15.6 Å². The molecule has 1 aliphatic carbocycles. The number of H-pyrrole nitrogens is 1. The molecule has 3 aromatic rings. The molecule has 0 radical (unpaired) electrons. The molecule has 1 fully saturated rings. The van der Waals surface area contributed by atoms with Crippen molar-refractivity contribution in [3.05, 3.63) is 65.9 Å². The van der Waals surface area contributed by atoms with E-state index < -0.39 is 17.0 Å². The van der Waals surface area contributed by atoms with Crippen LogP contribution in [0.15, 0.2) is 54.8 Å². The Morgan fingerprint density at radius 3 is 2.79 bits per heavy atom. The molecule has 1 aliphatic heterocycles. The largest absolute Gasteiger partial charge is 0.552 e. The molecular weight excluding hydrogens is 387 g/mol. The number of allylic oxidation sites excluding steroid dienone is 1. The highest BCUT2D eigenvalue weighted by molar-refractivity contribution is 7.90. The molecule has 29 heavy (non-hydrogen) atoms. The molecule has 0 atom stereocenters. The topological polar surface area (TPSA) is 92.3 Å². The van der Waals surface area contributed by atoms with Crippen LogP contribution in [0.3, 0.4) is 0 Å². The van der Waals surface area contributed by atoms with Gasteiger partial charge in [-0.25, -0.2) is 13.4 Å². The van der Waals surface area contributed by atoms with Crippen LogP contribution in [0.4, 0.5) is 0 Å². The van der Waals surface area contributed by atoms with Gasteiger partial charge in [0.15, 0.2) is 9.84 Å². The average molecular weight is 408 g/mol. The summed E-state index contributed by atoms with van der Waals surface area (Å²) in [7, 11) is -4.16. The summed E-state index contributed by atoms with van der Waals surface area (Å²) in [6.07, 6.45) is 5.05. The molecule has 0 saturated heterocycles.